The zero-order valence-corrected chi connectivity index (χ0v) is 28.7. The minimum Gasteiger partial charge on any atom is -0.444 e. The summed E-state index contributed by atoms with van der Waals surface area (Å²) in [6.45, 7) is 11.3. The van der Waals surface area contributed by atoms with Gasteiger partial charge in [-0.15, -0.1) is 5.10 Å². The molecule has 1 unspecified atom stereocenters. The molecule has 0 bridgehead atoms. The van der Waals surface area contributed by atoms with Gasteiger partial charge >= 0.3 is 6.09 Å². The number of anilines is 3. The van der Waals surface area contributed by atoms with E-state index in [0.29, 0.717) is 19.0 Å². The maximum atomic E-state index is 12.8. The maximum absolute atomic E-state index is 12.8. The van der Waals surface area contributed by atoms with Crippen LogP contribution in [0.15, 0.2) is 35.3 Å². The number of fused-ring (bicyclic) bond motifs is 2. The van der Waals surface area contributed by atoms with Gasteiger partial charge in [0, 0.05) is 42.9 Å². The van der Waals surface area contributed by atoms with Gasteiger partial charge in [0.05, 0.1) is 24.9 Å². The lowest BCUT2D eigenvalue weighted by Crippen LogP contribution is -2.55. The van der Waals surface area contributed by atoms with Gasteiger partial charge < -0.3 is 33.9 Å². The summed E-state index contributed by atoms with van der Waals surface area (Å²) in [5, 5.41) is 12.5. The van der Waals surface area contributed by atoms with Gasteiger partial charge in [0.25, 0.3) is 0 Å². The Morgan fingerprint density at radius 2 is 1.94 bits per heavy atom. The lowest BCUT2D eigenvalue weighted by molar-refractivity contribution is -0.0368. The SMILES string of the molecule is C[C@@H]1OCC2(CCN(c3cnc4c(N5CCCc6c(-c7ncon7)cccc65)nn(C5CCCCO5)c4n3)CC2)[C@@H]1NC(=O)OC(C)(C)C. The molecule has 3 fully saturated rings. The number of amides is 1. The number of nitrogens with one attached hydrogen (secondary N) is 1. The zero-order valence-electron chi connectivity index (χ0n) is 28.7. The molecule has 14 heteroatoms. The zero-order chi connectivity index (χ0) is 33.8. The summed E-state index contributed by atoms with van der Waals surface area (Å²) in [5.41, 5.74) is 3.95. The highest BCUT2D eigenvalue weighted by Crippen LogP contribution is 2.44. The van der Waals surface area contributed by atoms with Gasteiger partial charge in [-0.25, -0.2) is 19.4 Å². The molecule has 1 N–H and O–H groups in total. The predicted molar refractivity (Wildman–Crippen MR) is 182 cm³/mol. The van der Waals surface area contributed by atoms with E-state index in [1.807, 2.05) is 50.7 Å². The van der Waals surface area contributed by atoms with Gasteiger partial charge in [0.1, 0.15) is 11.4 Å². The first-order valence-corrected chi connectivity index (χ1v) is 17.6. The van der Waals surface area contributed by atoms with Crippen LogP contribution in [0.5, 0.6) is 0 Å². The number of ether oxygens (including phenoxy) is 3. The fourth-order valence-electron chi connectivity index (χ4n) is 8.00. The third-order valence-corrected chi connectivity index (χ3v) is 10.4. The van der Waals surface area contributed by atoms with E-state index in [1.54, 1.807) is 0 Å². The van der Waals surface area contributed by atoms with E-state index in [2.05, 4.69) is 31.3 Å². The molecule has 3 saturated heterocycles. The fraction of sp³-hybridized carbons (Fsp3) is 0.600. The summed E-state index contributed by atoms with van der Waals surface area (Å²) in [6.07, 6.45) is 9.08. The Kier molecular flexibility index (Phi) is 8.18. The van der Waals surface area contributed by atoms with Crippen LogP contribution in [-0.4, -0.2) is 86.6 Å². The largest absolute Gasteiger partial charge is 0.444 e. The van der Waals surface area contributed by atoms with Gasteiger partial charge in [-0.3, -0.25) is 0 Å². The predicted octanol–water partition coefficient (Wildman–Crippen LogP) is 5.56. The molecule has 8 rings (SSSR count). The molecule has 0 aliphatic carbocycles. The second-order valence-electron chi connectivity index (χ2n) is 14.8. The number of aromatic nitrogens is 6. The van der Waals surface area contributed by atoms with Crippen molar-refractivity contribution >= 4 is 34.6 Å². The summed E-state index contributed by atoms with van der Waals surface area (Å²) < 4.78 is 25.0. The van der Waals surface area contributed by atoms with E-state index in [4.69, 9.17) is 33.8 Å². The molecule has 14 nitrogen and oxygen atoms in total. The molecular weight excluding hydrogens is 626 g/mol. The molecule has 1 aromatic carbocycles. The molecule has 49 heavy (non-hydrogen) atoms. The Morgan fingerprint density at radius 3 is 2.69 bits per heavy atom. The van der Waals surface area contributed by atoms with Crippen molar-refractivity contribution < 1.29 is 23.5 Å². The van der Waals surface area contributed by atoms with Crippen LogP contribution in [0.3, 0.4) is 0 Å². The molecule has 260 valence electrons. The second kappa shape index (κ2) is 12.5. The van der Waals surface area contributed by atoms with E-state index >= 15 is 0 Å². The highest BCUT2D eigenvalue weighted by atomic mass is 16.6. The highest BCUT2D eigenvalue weighted by molar-refractivity contribution is 5.89. The summed E-state index contributed by atoms with van der Waals surface area (Å²) in [5.74, 6) is 2.18. The minimum absolute atomic E-state index is 0.0957. The number of hydrogen-bond acceptors (Lipinski definition) is 12. The Balaban J connectivity index is 1.09. The molecule has 0 saturated carbocycles. The van der Waals surface area contributed by atoms with Crippen LogP contribution in [0, 0.1) is 5.41 Å². The normalized spacial score (nSPS) is 24.0. The molecule has 0 radical (unpaired) electrons. The van der Waals surface area contributed by atoms with Crippen LogP contribution in [-0.2, 0) is 20.6 Å². The minimum atomic E-state index is -0.564. The van der Waals surface area contributed by atoms with Gasteiger partial charge in [-0.05, 0) is 84.3 Å². The van der Waals surface area contributed by atoms with E-state index in [1.165, 1.54) is 12.0 Å². The van der Waals surface area contributed by atoms with Crippen LogP contribution in [0.2, 0.25) is 0 Å². The average Bonchev–Trinajstić information content (AvgIpc) is 3.84. The van der Waals surface area contributed by atoms with Crippen LogP contribution in [0.25, 0.3) is 22.6 Å². The summed E-state index contributed by atoms with van der Waals surface area (Å²) in [4.78, 5) is 31.9. The second-order valence-corrected chi connectivity index (χ2v) is 14.8. The van der Waals surface area contributed by atoms with Gasteiger partial charge in [-0.2, -0.15) is 4.98 Å². The first-order chi connectivity index (χ1) is 23.7. The van der Waals surface area contributed by atoms with Crippen LogP contribution in [0.4, 0.5) is 22.1 Å². The first-order valence-electron chi connectivity index (χ1n) is 17.6. The molecule has 4 aliphatic heterocycles. The number of nitrogens with zero attached hydrogens (tertiary/aromatic N) is 8. The average molecular weight is 672 g/mol. The van der Waals surface area contributed by atoms with Crippen molar-refractivity contribution in [1.29, 1.82) is 0 Å². The van der Waals surface area contributed by atoms with E-state index < -0.39 is 11.7 Å². The topological polar surface area (TPSA) is 146 Å². The number of carbonyl (C=O) groups is 1. The number of piperidine rings is 1. The lowest BCUT2D eigenvalue weighted by atomic mass is 9.73. The Hall–Kier alpha value is -4.30. The van der Waals surface area contributed by atoms with Gasteiger partial charge in [-0.1, -0.05) is 17.3 Å². The van der Waals surface area contributed by atoms with Crippen molar-refractivity contribution in [3.05, 3.63) is 36.4 Å². The highest BCUT2D eigenvalue weighted by Gasteiger charge is 2.50. The van der Waals surface area contributed by atoms with Crippen molar-refractivity contribution in [3.8, 4) is 11.4 Å². The molecule has 3 atom stereocenters. The van der Waals surface area contributed by atoms with Gasteiger partial charge in [0.15, 0.2) is 23.2 Å². The van der Waals surface area contributed by atoms with Crippen molar-refractivity contribution in [2.45, 2.75) is 96.6 Å². The smallest absolute Gasteiger partial charge is 0.407 e. The van der Waals surface area contributed by atoms with E-state index in [9.17, 15) is 4.79 Å². The lowest BCUT2D eigenvalue weighted by Gasteiger charge is -2.42. The van der Waals surface area contributed by atoms with Crippen molar-refractivity contribution in [2.75, 3.05) is 42.6 Å². The van der Waals surface area contributed by atoms with Gasteiger partial charge in [0.2, 0.25) is 12.2 Å². The van der Waals surface area contributed by atoms with Crippen LogP contribution >= 0.6 is 0 Å². The summed E-state index contributed by atoms with van der Waals surface area (Å²) >= 11 is 0. The molecular formula is C35H45N9O5. The molecule has 1 amide bonds. The molecule has 1 spiro atoms. The molecule has 3 aromatic heterocycles. The quantitative estimate of drug-likeness (QED) is 0.284. The van der Waals surface area contributed by atoms with Crippen molar-refractivity contribution in [1.82, 2.24) is 35.2 Å². The van der Waals surface area contributed by atoms with E-state index in [-0.39, 0.29) is 23.8 Å². The third kappa shape index (κ3) is 5.98. The number of rotatable bonds is 5. The van der Waals surface area contributed by atoms with E-state index in [0.717, 1.165) is 98.6 Å². The molecule has 4 aliphatic rings. The maximum Gasteiger partial charge on any atom is 0.407 e. The number of alkyl carbamates (subject to hydrolysis) is 1. The Morgan fingerprint density at radius 1 is 1.08 bits per heavy atom. The Bertz CT molecular complexity index is 1810. The van der Waals surface area contributed by atoms with Crippen molar-refractivity contribution in [3.63, 3.8) is 0 Å². The molecule has 4 aromatic rings. The third-order valence-electron chi connectivity index (χ3n) is 10.4. The first kappa shape index (κ1) is 31.9. The number of benzene rings is 1. The standard InChI is InChI=1S/C35H45N9O5/c1-22-29(39-33(45)49-34(2,3)4)35(20-47-22)13-16-42(17-14-35)26-19-36-28-31(38-26)44(27-12-5-6-18-46-27)40-32(28)43-15-8-10-23-24(9-7-11-25(23)43)30-37-21-48-41-30/h7,9,11,19,21-22,27,29H,5-6,8,10,12-18,20H2,1-4H3,(H,39,45)/t22-,27?,29+/m0/s1. The Labute approximate surface area is 285 Å². The summed E-state index contributed by atoms with van der Waals surface area (Å²) in [6, 6.07) is 6.08. The molecule has 7 heterocycles. The van der Waals surface area contributed by atoms with Crippen LogP contribution in [0.1, 0.15) is 78.0 Å². The number of carbonyl (C=O) groups excluding carboxylic acids is 1. The van der Waals surface area contributed by atoms with Crippen molar-refractivity contribution in [2.24, 2.45) is 5.41 Å². The monoisotopic (exact) mass is 671 g/mol. The van der Waals surface area contributed by atoms with Crippen LogP contribution < -0.4 is 15.1 Å². The fourth-order valence-corrected chi connectivity index (χ4v) is 8.00. The number of hydrogen-bond donors (Lipinski definition) is 1. The summed E-state index contributed by atoms with van der Waals surface area (Å²) in [7, 11) is 0.